The highest BCUT2D eigenvalue weighted by molar-refractivity contribution is 7.09. The lowest BCUT2D eigenvalue weighted by atomic mass is 10.2. The lowest BCUT2D eigenvalue weighted by Gasteiger charge is -2.21. The third kappa shape index (κ3) is 4.56. The highest BCUT2D eigenvalue weighted by atomic mass is 32.1. The van der Waals surface area contributed by atoms with Crippen molar-refractivity contribution in [2.45, 2.75) is 32.9 Å². The van der Waals surface area contributed by atoms with Crippen LogP contribution in [0, 0.1) is 0 Å². The second-order valence-corrected chi connectivity index (χ2v) is 6.46. The third-order valence-corrected chi connectivity index (χ3v) is 4.52. The first kappa shape index (κ1) is 16.5. The molecule has 5 heteroatoms. The van der Waals surface area contributed by atoms with Crippen molar-refractivity contribution in [3.8, 4) is 0 Å². The summed E-state index contributed by atoms with van der Waals surface area (Å²) in [6, 6.07) is 10.4. The molecule has 0 spiro atoms. The van der Waals surface area contributed by atoms with Gasteiger partial charge in [-0.1, -0.05) is 44.2 Å². The molecule has 2 rings (SSSR count). The first-order valence-corrected chi connectivity index (χ1v) is 8.38. The van der Waals surface area contributed by atoms with E-state index in [1.54, 1.807) is 11.3 Å². The zero-order valence-electron chi connectivity index (χ0n) is 13.7. The Hall–Kier alpha value is -1.88. The van der Waals surface area contributed by atoms with Crippen LogP contribution in [0.1, 0.15) is 36.0 Å². The fourth-order valence-corrected chi connectivity index (χ4v) is 2.99. The average Bonchev–Trinajstić information content (AvgIpc) is 2.98. The van der Waals surface area contributed by atoms with Gasteiger partial charge >= 0.3 is 0 Å². The van der Waals surface area contributed by atoms with Crippen LogP contribution in [-0.4, -0.2) is 29.9 Å². The zero-order chi connectivity index (χ0) is 15.9. The number of rotatable bonds is 5. The number of hydrogen-bond donors (Lipinski definition) is 1. The average molecular weight is 316 g/mol. The van der Waals surface area contributed by atoms with Crippen LogP contribution < -0.4 is 5.32 Å². The van der Waals surface area contributed by atoms with Crippen molar-refractivity contribution >= 4 is 17.3 Å². The summed E-state index contributed by atoms with van der Waals surface area (Å²) in [5.74, 6) is 1.36. The van der Waals surface area contributed by atoms with Gasteiger partial charge < -0.3 is 10.2 Å². The van der Waals surface area contributed by atoms with Gasteiger partial charge in [0.15, 0.2) is 5.96 Å². The molecule has 1 heterocycles. The molecule has 1 N–H and O–H groups in total. The van der Waals surface area contributed by atoms with Crippen LogP contribution >= 0.6 is 11.3 Å². The van der Waals surface area contributed by atoms with Crippen molar-refractivity contribution in [1.29, 1.82) is 0 Å². The number of hydrogen-bond acceptors (Lipinski definition) is 3. The second-order valence-electron chi connectivity index (χ2n) is 5.57. The SMILES string of the molecule is CN=C(NCc1csc(C(C)C)n1)N(C)Cc1ccccc1. The summed E-state index contributed by atoms with van der Waals surface area (Å²) in [4.78, 5) is 11.1. The van der Waals surface area contributed by atoms with Crippen molar-refractivity contribution in [2.24, 2.45) is 4.99 Å². The molecule has 0 amide bonds. The monoisotopic (exact) mass is 316 g/mol. The zero-order valence-corrected chi connectivity index (χ0v) is 14.5. The van der Waals surface area contributed by atoms with Crippen LogP contribution in [0.3, 0.4) is 0 Å². The molecule has 0 aliphatic rings. The van der Waals surface area contributed by atoms with Crippen LogP contribution in [0.25, 0.3) is 0 Å². The van der Waals surface area contributed by atoms with Crippen LogP contribution in [0.15, 0.2) is 40.7 Å². The Morgan fingerprint density at radius 3 is 2.64 bits per heavy atom. The Morgan fingerprint density at radius 1 is 1.32 bits per heavy atom. The summed E-state index contributed by atoms with van der Waals surface area (Å²) < 4.78 is 0. The lowest BCUT2D eigenvalue weighted by Crippen LogP contribution is -2.38. The van der Waals surface area contributed by atoms with E-state index in [2.05, 4.69) is 63.7 Å². The van der Waals surface area contributed by atoms with E-state index in [4.69, 9.17) is 0 Å². The number of benzene rings is 1. The molecule has 0 saturated carbocycles. The topological polar surface area (TPSA) is 40.5 Å². The molecular weight excluding hydrogens is 292 g/mol. The summed E-state index contributed by atoms with van der Waals surface area (Å²) in [5, 5.41) is 6.68. The van der Waals surface area contributed by atoms with Crippen LogP contribution in [-0.2, 0) is 13.1 Å². The van der Waals surface area contributed by atoms with Gasteiger partial charge in [-0.3, -0.25) is 4.99 Å². The lowest BCUT2D eigenvalue weighted by molar-refractivity contribution is 0.476. The van der Waals surface area contributed by atoms with Gasteiger partial charge in [0.2, 0.25) is 0 Å². The molecule has 0 aliphatic carbocycles. The fourth-order valence-electron chi connectivity index (χ4n) is 2.16. The minimum absolute atomic E-state index is 0.485. The molecule has 0 fully saturated rings. The number of aliphatic imine (C=N–C) groups is 1. The molecule has 0 bridgehead atoms. The van der Waals surface area contributed by atoms with Gasteiger partial charge in [0.25, 0.3) is 0 Å². The Bertz CT molecular complexity index is 604. The van der Waals surface area contributed by atoms with Gasteiger partial charge in [-0.2, -0.15) is 0 Å². The molecule has 22 heavy (non-hydrogen) atoms. The number of aromatic nitrogens is 1. The van der Waals surface area contributed by atoms with Gasteiger partial charge in [-0.15, -0.1) is 11.3 Å². The molecule has 1 aromatic carbocycles. The number of nitrogens with zero attached hydrogens (tertiary/aromatic N) is 3. The van der Waals surface area contributed by atoms with Crippen LogP contribution in [0.2, 0.25) is 0 Å². The van der Waals surface area contributed by atoms with Gasteiger partial charge in [-0.25, -0.2) is 4.98 Å². The predicted octanol–water partition coefficient (Wildman–Crippen LogP) is 3.47. The first-order valence-electron chi connectivity index (χ1n) is 7.50. The van der Waals surface area contributed by atoms with Crippen molar-refractivity contribution < 1.29 is 0 Å². The van der Waals surface area contributed by atoms with E-state index in [1.165, 1.54) is 10.6 Å². The summed E-state index contributed by atoms with van der Waals surface area (Å²) in [7, 11) is 3.85. The Morgan fingerprint density at radius 2 is 2.05 bits per heavy atom. The third-order valence-electron chi connectivity index (χ3n) is 3.33. The molecule has 0 unspecified atom stereocenters. The standard InChI is InChI=1S/C17H24N4S/c1-13(2)16-20-15(12-22-16)10-19-17(18-3)21(4)11-14-8-6-5-7-9-14/h5-9,12-13H,10-11H2,1-4H3,(H,18,19). The molecule has 0 radical (unpaired) electrons. The van der Waals surface area contributed by atoms with Gasteiger partial charge in [0, 0.05) is 31.9 Å². The maximum atomic E-state index is 4.64. The minimum Gasteiger partial charge on any atom is -0.351 e. The van der Waals surface area contributed by atoms with Crippen molar-refractivity contribution in [3.63, 3.8) is 0 Å². The maximum absolute atomic E-state index is 4.64. The summed E-state index contributed by atoms with van der Waals surface area (Å²) in [6.45, 7) is 5.87. The Balaban J connectivity index is 1.91. The number of guanidine groups is 1. The molecule has 1 aromatic heterocycles. The van der Waals surface area contributed by atoms with E-state index >= 15 is 0 Å². The highest BCUT2D eigenvalue weighted by Crippen LogP contribution is 2.18. The summed E-state index contributed by atoms with van der Waals surface area (Å²) in [6.07, 6.45) is 0. The second kappa shape index (κ2) is 7.94. The number of thiazole rings is 1. The van der Waals surface area contributed by atoms with E-state index in [0.717, 1.165) is 18.2 Å². The fraction of sp³-hybridized carbons (Fsp3) is 0.412. The number of nitrogens with one attached hydrogen (secondary N) is 1. The summed E-state index contributed by atoms with van der Waals surface area (Å²) in [5.41, 5.74) is 2.34. The van der Waals surface area contributed by atoms with E-state index in [1.807, 2.05) is 20.2 Å². The van der Waals surface area contributed by atoms with Crippen molar-refractivity contribution in [3.05, 3.63) is 52.0 Å². The minimum atomic E-state index is 0.485. The molecular formula is C17H24N4S. The largest absolute Gasteiger partial charge is 0.351 e. The normalized spacial score (nSPS) is 11.8. The molecule has 0 saturated heterocycles. The molecule has 118 valence electrons. The summed E-state index contributed by atoms with van der Waals surface area (Å²) >= 11 is 1.72. The Kier molecular flexibility index (Phi) is 5.95. The van der Waals surface area contributed by atoms with Crippen LogP contribution in [0.4, 0.5) is 0 Å². The highest BCUT2D eigenvalue weighted by Gasteiger charge is 2.09. The first-order chi connectivity index (χ1) is 10.6. The Labute approximate surface area is 136 Å². The van der Waals surface area contributed by atoms with E-state index in [0.29, 0.717) is 12.5 Å². The molecule has 2 aromatic rings. The smallest absolute Gasteiger partial charge is 0.194 e. The predicted molar refractivity (Wildman–Crippen MR) is 94.3 cm³/mol. The van der Waals surface area contributed by atoms with E-state index in [-0.39, 0.29) is 0 Å². The van der Waals surface area contributed by atoms with Crippen molar-refractivity contribution in [1.82, 2.24) is 15.2 Å². The van der Waals surface area contributed by atoms with Gasteiger partial charge in [0.1, 0.15) is 0 Å². The maximum Gasteiger partial charge on any atom is 0.194 e. The van der Waals surface area contributed by atoms with E-state index in [9.17, 15) is 0 Å². The van der Waals surface area contributed by atoms with Gasteiger partial charge in [0.05, 0.1) is 17.2 Å². The quantitative estimate of drug-likeness (QED) is 0.678. The molecule has 0 aliphatic heterocycles. The molecule has 4 nitrogen and oxygen atoms in total. The van der Waals surface area contributed by atoms with Gasteiger partial charge in [-0.05, 0) is 5.56 Å². The van der Waals surface area contributed by atoms with Crippen molar-refractivity contribution in [2.75, 3.05) is 14.1 Å². The van der Waals surface area contributed by atoms with E-state index < -0.39 is 0 Å². The molecule has 0 atom stereocenters. The van der Waals surface area contributed by atoms with Crippen LogP contribution in [0.5, 0.6) is 0 Å².